The highest BCUT2D eigenvalue weighted by atomic mass is 16.5. The van der Waals surface area contributed by atoms with E-state index in [0.717, 1.165) is 38.2 Å². The van der Waals surface area contributed by atoms with Crippen molar-refractivity contribution < 1.29 is 4.74 Å². The van der Waals surface area contributed by atoms with E-state index >= 15 is 0 Å². The molecule has 0 radical (unpaired) electrons. The van der Waals surface area contributed by atoms with Crippen molar-refractivity contribution in [3.8, 4) is 0 Å². The number of hydrogen-bond donors (Lipinski definition) is 0. The zero-order valence-corrected chi connectivity index (χ0v) is 15.6. The van der Waals surface area contributed by atoms with Crippen LogP contribution in [0.3, 0.4) is 0 Å². The molecule has 1 aromatic carbocycles. The number of aromatic nitrogens is 2. The van der Waals surface area contributed by atoms with Crippen LogP contribution in [0.15, 0.2) is 36.7 Å². The van der Waals surface area contributed by atoms with E-state index < -0.39 is 0 Å². The minimum Gasteiger partial charge on any atom is -0.374 e. The van der Waals surface area contributed by atoms with Crippen LogP contribution in [-0.2, 0) is 17.8 Å². The SMILES string of the molecule is CCc1ncc(C2CCN(c3ccc(COC(C)C)cc3)CC2)cn1. The van der Waals surface area contributed by atoms with E-state index in [2.05, 4.69) is 59.9 Å². The first kappa shape index (κ1) is 17.9. The normalized spacial score (nSPS) is 15.8. The average molecular weight is 339 g/mol. The lowest BCUT2D eigenvalue weighted by Crippen LogP contribution is -2.32. The molecule has 0 N–H and O–H groups in total. The summed E-state index contributed by atoms with van der Waals surface area (Å²) in [7, 11) is 0. The summed E-state index contributed by atoms with van der Waals surface area (Å²) in [6.45, 7) is 9.09. The maximum Gasteiger partial charge on any atom is 0.127 e. The van der Waals surface area contributed by atoms with Crippen molar-refractivity contribution in [2.24, 2.45) is 0 Å². The fraction of sp³-hybridized carbons (Fsp3) is 0.524. The Labute approximate surface area is 151 Å². The molecule has 2 heterocycles. The van der Waals surface area contributed by atoms with Crippen molar-refractivity contribution in [2.75, 3.05) is 18.0 Å². The summed E-state index contributed by atoms with van der Waals surface area (Å²) < 4.78 is 5.67. The Balaban J connectivity index is 1.54. The molecule has 3 rings (SSSR count). The molecule has 0 spiro atoms. The van der Waals surface area contributed by atoms with Gasteiger partial charge in [0.15, 0.2) is 0 Å². The number of hydrogen-bond acceptors (Lipinski definition) is 4. The molecule has 1 aliphatic heterocycles. The summed E-state index contributed by atoms with van der Waals surface area (Å²) in [4.78, 5) is 11.4. The average Bonchev–Trinajstić information content (AvgIpc) is 2.67. The lowest BCUT2D eigenvalue weighted by Gasteiger charge is -2.33. The second-order valence-electron chi connectivity index (χ2n) is 7.07. The van der Waals surface area contributed by atoms with Gasteiger partial charge in [-0.1, -0.05) is 19.1 Å². The van der Waals surface area contributed by atoms with Crippen LogP contribution in [0.2, 0.25) is 0 Å². The first-order valence-corrected chi connectivity index (χ1v) is 9.42. The fourth-order valence-electron chi connectivity index (χ4n) is 3.30. The number of anilines is 1. The Morgan fingerprint density at radius 1 is 1.08 bits per heavy atom. The maximum absolute atomic E-state index is 5.67. The van der Waals surface area contributed by atoms with Gasteiger partial charge in [0.25, 0.3) is 0 Å². The van der Waals surface area contributed by atoms with Crippen LogP contribution in [0.25, 0.3) is 0 Å². The molecule has 4 heteroatoms. The second-order valence-corrected chi connectivity index (χ2v) is 7.07. The number of ether oxygens (including phenoxy) is 1. The molecule has 2 aromatic rings. The van der Waals surface area contributed by atoms with E-state index in [1.807, 2.05) is 12.4 Å². The minimum absolute atomic E-state index is 0.272. The smallest absolute Gasteiger partial charge is 0.127 e. The lowest BCUT2D eigenvalue weighted by atomic mass is 9.91. The summed E-state index contributed by atoms with van der Waals surface area (Å²) in [6, 6.07) is 8.80. The fourth-order valence-corrected chi connectivity index (χ4v) is 3.30. The number of nitrogens with zero attached hydrogens (tertiary/aromatic N) is 3. The highest BCUT2D eigenvalue weighted by molar-refractivity contribution is 5.48. The van der Waals surface area contributed by atoms with Crippen molar-refractivity contribution in [3.05, 3.63) is 53.6 Å². The third kappa shape index (κ3) is 4.79. The van der Waals surface area contributed by atoms with Crippen LogP contribution >= 0.6 is 0 Å². The van der Waals surface area contributed by atoms with Crippen LogP contribution < -0.4 is 4.90 Å². The number of piperidine rings is 1. The third-order valence-electron chi connectivity index (χ3n) is 4.89. The number of rotatable bonds is 6. The van der Waals surface area contributed by atoms with E-state index in [1.165, 1.54) is 16.8 Å². The predicted octanol–water partition coefficient (Wildman–Crippen LogP) is 4.35. The largest absolute Gasteiger partial charge is 0.374 e. The van der Waals surface area contributed by atoms with E-state index in [9.17, 15) is 0 Å². The summed E-state index contributed by atoms with van der Waals surface area (Å²) in [6.07, 6.45) is 7.54. The van der Waals surface area contributed by atoms with E-state index in [1.54, 1.807) is 0 Å². The minimum atomic E-state index is 0.272. The van der Waals surface area contributed by atoms with Gasteiger partial charge in [0.1, 0.15) is 5.82 Å². The van der Waals surface area contributed by atoms with Crippen molar-refractivity contribution in [1.82, 2.24) is 9.97 Å². The molecule has 1 aromatic heterocycles. The molecule has 25 heavy (non-hydrogen) atoms. The quantitative estimate of drug-likeness (QED) is 0.784. The molecule has 1 fully saturated rings. The van der Waals surface area contributed by atoms with Gasteiger partial charge in [0.05, 0.1) is 12.7 Å². The standard InChI is InChI=1S/C21H29N3O/c1-4-21-22-13-19(14-23-21)18-9-11-24(12-10-18)20-7-5-17(6-8-20)15-25-16(2)3/h5-8,13-14,16,18H,4,9-12,15H2,1-3H3. The topological polar surface area (TPSA) is 38.2 Å². The summed E-state index contributed by atoms with van der Waals surface area (Å²) in [5.41, 5.74) is 3.84. The zero-order chi connectivity index (χ0) is 17.6. The van der Waals surface area contributed by atoms with Gasteiger partial charge in [-0.2, -0.15) is 0 Å². The monoisotopic (exact) mass is 339 g/mol. The van der Waals surface area contributed by atoms with Gasteiger partial charge in [-0.25, -0.2) is 9.97 Å². The second kappa shape index (κ2) is 8.43. The van der Waals surface area contributed by atoms with Gasteiger partial charge in [-0.15, -0.1) is 0 Å². The van der Waals surface area contributed by atoms with Gasteiger partial charge < -0.3 is 9.64 Å². The Morgan fingerprint density at radius 3 is 2.28 bits per heavy atom. The first-order chi connectivity index (χ1) is 12.2. The van der Waals surface area contributed by atoms with Crippen molar-refractivity contribution in [3.63, 3.8) is 0 Å². The highest BCUT2D eigenvalue weighted by Crippen LogP contribution is 2.30. The molecule has 134 valence electrons. The van der Waals surface area contributed by atoms with Gasteiger partial charge >= 0.3 is 0 Å². The predicted molar refractivity (Wildman–Crippen MR) is 102 cm³/mol. The molecule has 4 nitrogen and oxygen atoms in total. The van der Waals surface area contributed by atoms with Crippen LogP contribution in [0, 0.1) is 0 Å². The molecule has 0 aliphatic carbocycles. The van der Waals surface area contributed by atoms with Crippen LogP contribution in [0.5, 0.6) is 0 Å². The molecule has 1 saturated heterocycles. The Kier molecular flexibility index (Phi) is 6.03. The summed E-state index contributed by atoms with van der Waals surface area (Å²) in [5, 5.41) is 0. The van der Waals surface area contributed by atoms with Crippen LogP contribution in [0.1, 0.15) is 56.5 Å². The van der Waals surface area contributed by atoms with Gasteiger partial charge in [-0.05, 0) is 55.9 Å². The van der Waals surface area contributed by atoms with Crippen molar-refractivity contribution >= 4 is 5.69 Å². The lowest BCUT2D eigenvalue weighted by molar-refractivity contribution is 0.0657. The summed E-state index contributed by atoms with van der Waals surface area (Å²) >= 11 is 0. The Bertz CT molecular complexity index is 644. The van der Waals surface area contributed by atoms with E-state index in [-0.39, 0.29) is 6.10 Å². The molecule has 1 aliphatic rings. The molecular formula is C21H29N3O. The van der Waals surface area contributed by atoms with Gasteiger partial charge in [0, 0.05) is 37.6 Å². The van der Waals surface area contributed by atoms with Crippen LogP contribution in [0.4, 0.5) is 5.69 Å². The zero-order valence-electron chi connectivity index (χ0n) is 15.6. The van der Waals surface area contributed by atoms with Gasteiger partial charge in [0.2, 0.25) is 0 Å². The van der Waals surface area contributed by atoms with Crippen molar-refractivity contribution in [1.29, 1.82) is 0 Å². The van der Waals surface area contributed by atoms with E-state index in [0.29, 0.717) is 12.5 Å². The van der Waals surface area contributed by atoms with Crippen LogP contribution in [-0.4, -0.2) is 29.2 Å². The molecule has 0 unspecified atom stereocenters. The van der Waals surface area contributed by atoms with E-state index in [4.69, 9.17) is 4.74 Å². The molecule has 0 bridgehead atoms. The molecular weight excluding hydrogens is 310 g/mol. The number of aryl methyl sites for hydroxylation is 1. The maximum atomic E-state index is 5.67. The van der Waals surface area contributed by atoms with Crippen molar-refractivity contribution in [2.45, 2.75) is 58.7 Å². The van der Waals surface area contributed by atoms with Gasteiger partial charge in [-0.3, -0.25) is 0 Å². The molecule has 0 atom stereocenters. The first-order valence-electron chi connectivity index (χ1n) is 9.42. The Morgan fingerprint density at radius 2 is 1.72 bits per heavy atom. The third-order valence-corrected chi connectivity index (χ3v) is 4.89. The molecule has 0 saturated carbocycles. The Hall–Kier alpha value is -1.94. The molecule has 0 amide bonds. The summed E-state index contributed by atoms with van der Waals surface area (Å²) in [5.74, 6) is 1.52. The number of benzene rings is 1. The highest BCUT2D eigenvalue weighted by Gasteiger charge is 2.21.